The van der Waals surface area contributed by atoms with Crippen molar-refractivity contribution < 1.29 is 4.92 Å². The minimum Gasteiger partial charge on any atom is -0.385 e. The van der Waals surface area contributed by atoms with E-state index in [2.05, 4.69) is 42.0 Å². The number of hydrogen-bond donors (Lipinski definition) is 1. The summed E-state index contributed by atoms with van der Waals surface area (Å²) in [5.41, 5.74) is 1.27. The molecule has 1 aromatic carbocycles. The van der Waals surface area contributed by atoms with Crippen LogP contribution in [0, 0.1) is 15.5 Å². The second-order valence-electron chi connectivity index (χ2n) is 5.16. The molecule has 0 unspecified atom stereocenters. The lowest BCUT2D eigenvalue weighted by molar-refractivity contribution is -0.385. The largest absolute Gasteiger partial charge is 0.385 e. The van der Waals surface area contributed by atoms with E-state index < -0.39 is 4.92 Å². The van der Waals surface area contributed by atoms with Crippen molar-refractivity contribution in [1.82, 2.24) is 0 Å². The predicted molar refractivity (Wildman–Crippen MR) is 73.4 cm³/mol. The van der Waals surface area contributed by atoms with Gasteiger partial charge in [-0.25, -0.2) is 0 Å². The number of benzene rings is 1. The lowest BCUT2D eigenvalue weighted by Crippen LogP contribution is -2.12. The second kappa shape index (κ2) is 5.49. The summed E-state index contributed by atoms with van der Waals surface area (Å²) in [6.07, 6.45) is 1.04. The zero-order valence-corrected chi connectivity index (χ0v) is 11.9. The molecular formula is C12H17BrN2O2. The van der Waals surface area contributed by atoms with Crippen molar-refractivity contribution >= 4 is 27.3 Å². The summed E-state index contributed by atoms with van der Waals surface area (Å²) in [5.74, 6) is 0. The van der Waals surface area contributed by atoms with Crippen LogP contribution in [0.4, 0.5) is 11.4 Å². The fraction of sp³-hybridized carbons (Fsp3) is 0.500. The van der Waals surface area contributed by atoms with E-state index in [1.54, 1.807) is 12.1 Å². The zero-order chi connectivity index (χ0) is 13.1. The van der Waals surface area contributed by atoms with Gasteiger partial charge in [0.15, 0.2) is 0 Å². The lowest BCUT2D eigenvalue weighted by Gasteiger charge is -2.18. The van der Waals surface area contributed by atoms with Crippen LogP contribution in [0.1, 0.15) is 27.2 Å². The summed E-state index contributed by atoms with van der Waals surface area (Å²) in [6, 6.07) is 4.97. The van der Waals surface area contributed by atoms with Crippen molar-refractivity contribution in [2.75, 3.05) is 11.9 Å². The van der Waals surface area contributed by atoms with Crippen LogP contribution in [-0.2, 0) is 0 Å². The van der Waals surface area contributed by atoms with Gasteiger partial charge in [-0.05, 0) is 39.9 Å². The number of nitro benzene ring substituents is 1. The molecule has 1 rings (SSSR count). The molecule has 0 spiro atoms. The molecular weight excluding hydrogens is 284 g/mol. The Morgan fingerprint density at radius 3 is 2.53 bits per heavy atom. The minimum atomic E-state index is -0.400. The van der Waals surface area contributed by atoms with E-state index in [-0.39, 0.29) is 11.1 Å². The molecule has 0 aliphatic heterocycles. The van der Waals surface area contributed by atoms with Gasteiger partial charge in [-0.1, -0.05) is 20.8 Å². The smallest absolute Gasteiger partial charge is 0.283 e. The van der Waals surface area contributed by atoms with Crippen molar-refractivity contribution in [3.05, 3.63) is 32.8 Å². The SMILES string of the molecule is CC(C)(C)CCNc1ccc([N+](=O)[O-])c(Br)c1. The third kappa shape index (κ3) is 4.73. The van der Waals surface area contributed by atoms with Gasteiger partial charge < -0.3 is 5.32 Å². The number of hydrogen-bond acceptors (Lipinski definition) is 3. The van der Waals surface area contributed by atoms with E-state index >= 15 is 0 Å². The molecule has 94 valence electrons. The Hall–Kier alpha value is -1.10. The summed E-state index contributed by atoms with van der Waals surface area (Å²) >= 11 is 3.20. The molecule has 0 heterocycles. The third-order valence-electron chi connectivity index (χ3n) is 2.35. The maximum atomic E-state index is 10.6. The van der Waals surface area contributed by atoms with Gasteiger partial charge in [-0.2, -0.15) is 0 Å². The van der Waals surface area contributed by atoms with Gasteiger partial charge >= 0.3 is 0 Å². The van der Waals surface area contributed by atoms with Gasteiger partial charge in [0.2, 0.25) is 0 Å². The molecule has 0 saturated heterocycles. The predicted octanol–water partition coefficient (Wildman–Crippen LogP) is 4.21. The van der Waals surface area contributed by atoms with Gasteiger partial charge in [0.25, 0.3) is 5.69 Å². The fourth-order valence-electron chi connectivity index (χ4n) is 1.35. The molecule has 0 aromatic heterocycles. The Morgan fingerprint density at radius 1 is 1.41 bits per heavy atom. The van der Waals surface area contributed by atoms with Crippen LogP contribution in [0.15, 0.2) is 22.7 Å². The Morgan fingerprint density at radius 2 is 2.06 bits per heavy atom. The van der Waals surface area contributed by atoms with E-state index in [9.17, 15) is 10.1 Å². The van der Waals surface area contributed by atoms with Crippen LogP contribution >= 0.6 is 15.9 Å². The van der Waals surface area contributed by atoms with Gasteiger partial charge in [0.1, 0.15) is 0 Å². The van der Waals surface area contributed by atoms with Crippen LogP contribution in [0.25, 0.3) is 0 Å². The first-order valence-electron chi connectivity index (χ1n) is 5.47. The van der Waals surface area contributed by atoms with Crippen LogP contribution in [-0.4, -0.2) is 11.5 Å². The number of nitrogens with zero attached hydrogens (tertiary/aromatic N) is 1. The maximum absolute atomic E-state index is 10.6. The summed E-state index contributed by atoms with van der Waals surface area (Å²) in [6.45, 7) is 7.40. The number of halogens is 1. The van der Waals surface area contributed by atoms with E-state index in [0.29, 0.717) is 4.47 Å². The number of nitrogens with one attached hydrogen (secondary N) is 1. The number of nitro groups is 1. The molecule has 4 nitrogen and oxygen atoms in total. The molecule has 0 saturated carbocycles. The first-order chi connectivity index (χ1) is 7.79. The fourth-order valence-corrected chi connectivity index (χ4v) is 1.87. The highest BCUT2D eigenvalue weighted by atomic mass is 79.9. The average molecular weight is 301 g/mol. The summed E-state index contributed by atoms with van der Waals surface area (Å²) < 4.78 is 0.503. The molecule has 17 heavy (non-hydrogen) atoms. The highest BCUT2D eigenvalue weighted by Gasteiger charge is 2.12. The Balaban J connectivity index is 2.62. The Bertz CT molecular complexity index is 413. The van der Waals surface area contributed by atoms with Crippen molar-refractivity contribution in [3.8, 4) is 0 Å². The summed E-state index contributed by atoms with van der Waals surface area (Å²) in [7, 11) is 0. The summed E-state index contributed by atoms with van der Waals surface area (Å²) in [4.78, 5) is 10.2. The summed E-state index contributed by atoms with van der Waals surface area (Å²) in [5, 5.41) is 13.9. The molecule has 1 aromatic rings. The highest BCUT2D eigenvalue weighted by Crippen LogP contribution is 2.28. The monoisotopic (exact) mass is 300 g/mol. The number of anilines is 1. The van der Waals surface area contributed by atoms with Gasteiger partial charge in [-0.15, -0.1) is 0 Å². The van der Waals surface area contributed by atoms with Crippen LogP contribution in [0.5, 0.6) is 0 Å². The Labute approximate surface area is 110 Å². The van der Waals surface area contributed by atoms with E-state index in [1.807, 2.05) is 0 Å². The number of rotatable bonds is 4. The molecule has 0 bridgehead atoms. The lowest BCUT2D eigenvalue weighted by atomic mass is 9.92. The average Bonchev–Trinajstić information content (AvgIpc) is 2.15. The van der Waals surface area contributed by atoms with Gasteiger partial charge in [-0.3, -0.25) is 10.1 Å². The van der Waals surface area contributed by atoms with Crippen molar-refractivity contribution in [3.63, 3.8) is 0 Å². The normalized spacial score (nSPS) is 11.3. The van der Waals surface area contributed by atoms with Crippen LogP contribution in [0.3, 0.4) is 0 Å². The second-order valence-corrected chi connectivity index (χ2v) is 6.02. The molecule has 0 radical (unpaired) electrons. The molecule has 0 atom stereocenters. The molecule has 0 aliphatic carbocycles. The standard InChI is InChI=1S/C12H17BrN2O2/c1-12(2,3)6-7-14-9-4-5-11(15(16)17)10(13)8-9/h4-5,8,14H,6-7H2,1-3H3. The van der Waals surface area contributed by atoms with E-state index in [4.69, 9.17) is 0 Å². The quantitative estimate of drug-likeness (QED) is 0.669. The molecule has 0 aliphatic rings. The first kappa shape index (κ1) is 14.0. The van der Waals surface area contributed by atoms with Crippen molar-refractivity contribution in [2.45, 2.75) is 27.2 Å². The zero-order valence-electron chi connectivity index (χ0n) is 10.3. The van der Waals surface area contributed by atoms with Gasteiger partial charge in [0, 0.05) is 18.3 Å². The topological polar surface area (TPSA) is 55.2 Å². The van der Waals surface area contributed by atoms with Gasteiger partial charge in [0.05, 0.1) is 9.40 Å². The molecule has 0 amide bonds. The molecule has 0 fully saturated rings. The third-order valence-corrected chi connectivity index (χ3v) is 2.98. The minimum absolute atomic E-state index is 0.0892. The van der Waals surface area contributed by atoms with E-state index in [1.165, 1.54) is 6.07 Å². The molecule has 1 N–H and O–H groups in total. The Kier molecular flexibility index (Phi) is 4.51. The van der Waals surface area contributed by atoms with Crippen LogP contribution in [0.2, 0.25) is 0 Å². The highest BCUT2D eigenvalue weighted by molar-refractivity contribution is 9.10. The van der Waals surface area contributed by atoms with Crippen LogP contribution < -0.4 is 5.32 Å². The van der Waals surface area contributed by atoms with Crippen molar-refractivity contribution in [2.24, 2.45) is 5.41 Å². The maximum Gasteiger partial charge on any atom is 0.283 e. The van der Waals surface area contributed by atoms with E-state index in [0.717, 1.165) is 18.7 Å². The van der Waals surface area contributed by atoms with Crippen molar-refractivity contribution in [1.29, 1.82) is 0 Å². The first-order valence-corrected chi connectivity index (χ1v) is 6.27. The molecule has 5 heteroatoms.